The Kier molecular flexibility index (Phi) is 4.32. The first-order valence-electron chi connectivity index (χ1n) is 7.21. The number of nitrogens with zero attached hydrogens (tertiary/aromatic N) is 3. The highest BCUT2D eigenvalue weighted by atomic mass is 16.2. The number of H-pyrrole nitrogens is 1. The highest BCUT2D eigenvalue weighted by molar-refractivity contribution is 5.97. The molecule has 0 spiro atoms. The van der Waals surface area contributed by atoms with Crippen molar-refractivity contribution >= 4 is 11.6 Å². The second-order valence-electron chi connectivity index (χ2n) is 6.02. The Morgan fingerprint density at radius 3 is 2.80 bits per heavy atom. The summed E-state index contributed by atoms with van der Waals surface area (Å²) in [5.41, 5.74) is 7.69. The van der Waals surface area contributed by atoms with Gasteiger partial charge in [-0.15, -0.1) is 0 Å². The van der Waals surface area contributed by atoms with E-state index in [-0.39, 0.29) is 11.8 Å². The number of nitrogens with two attached hydrogens (primary N) is 1. The molecule has 6 nitrogen and oxygen atoms in total. The summed E-state index contributed by atoms with van der Waals surface area (Å²) in [5, 5.41) is 6.98. The minimum Gasteiger partial charge on any atom is -0.395 e. The van der Waals surface area contributed by atoms with Gasteiger partial charge in [0.1, 0.15) is 0 Å². The van der Waals surface area contributed by atoms with Gasteiger partial charge < -0.3 is 15.5 Å². The van der Waals surface area contributed by atoms with Gasteiger partial charge in [-0.2, -0.15) is 5.10 Å². The normalized spacial score (nSPS) is 19.8. The highest BCUT2D eigenvalue weighted by Crippen LogP contribution is 2.23. The third-order valence-corrected chi connectivity index (χ3v) is 4.12. The number of rotatable bonds is 4. The largest absolute Gasteiger partial charge is 0.395 e. The summed E-state index contributed by atoms with van der Waals surface area (Å²) < 4.78 is 0. The number of nitrogen functional groups attached to an aromatic ring is 1. The Labute approximate surface area is 120 Å². The van der Waals surface area contributed by atoms with Gasteiger partial charge >= 0.3 is 0 Å². The molecule has 0 saturated carbocycles. The van der Waals surface area contributed by atoms with Gasteiger partial charge in [0.2, 0.25) is 0 Å². The fourth-order valence-electron chi connectivity index (χ4n) is 2.76. The average molecular weight is 279 g/mol. The van der Waals surface area contributed by atoms with Crippen LogP contribution in [0.3, 0.4) is 0 Å². The highest BCUT2D eigenvalue weighted by Gasteiger charge is 2.27. The number of carbonyl (C=O) groups is 1. The first-order chi connectivity index (χ1) is 9.41. The zero-order chi connectivity index (χ0) is 14.9. The summed E-state index contributed by atoms with van der Waals surface area (Å²) in [5.74, 6) is 0.126. The molecule has 112 valence electrons. The van der Waals surface area contributed by atoms with Gasteiger partial charge in [0.05, 0.1) is 11.4 Å². The SMILES string of the molecule is CC(C)c1[nH]nc(C(=O)N(C)CC2CCCN2C)c1N. The van der Waals surface area contributed by atoms with Crippen molar-refractivity contribution in [2.45, 2.75) is 38.6 Å². The first-order valence-corrected chi connectivity index (χ1v) is 7.21. The van der Waals surface area contributed by atoms with Crippen LogP contribution in [0.4, 0.5) is 5.69 Å². The predicted octanol–water partition coefficient (Wildman–Crippen LogP) is 1.28. The van der Waals surface area contributed by atoms with Crippen molar-refractivity contribution in [2.24, 2.45) is 0 Å². The Morgan fingerprint density at radius 1 is 1.60 bits per heavy atom. The maximum Gasteiger partial charge on any atom is 0.276 e. The molecule has 1 amide bonds. The van der Waals surface area contributed by atoms with E-state index in [1.807, 2.05) is 20.9 Å². The molecule has 3 N–H and O–H groups in total. The third-order valence-electron chi connectivity index (χ3n) is 4.12. The maximum absolute atomic E-state index is 12.4. The number of aromatic amines is 1. The molecule has 6 heteroatoms. The summed E-state index contributed by atoms with van der Waals surface area (Å²) in [6.45, 7) is 5.87. The van der Waals surface area contributed by atoms with Crippen LogP contribution >= 0.6 is 0 Å². The smallest absolute Gasteiger partial charge is 0.276 e. The minimum absolute atomic E-state index is 0.106. The number of carbonyl (C=O) groups excluding carboxylic acids is 1. The van der Waals surface area contributed by atoms with Gasteiger partial charge in [-0.25, -0.2) is 0 Å². The number of nitrogens with one attached hydrogen (secondary N) is 1. The van der Waals surface area contributed by atoms with Gasteiger partial charge in [-0.1, -0.05) is 13.8 Å². The van der Waals surface area contributed by atoms with Crippen LogP contribution in [0.15, 0.2) is 0 Å². The summed E-state index contributed by atoms with van der Waals surface area (Å²) in [7, 11) is 3.92. The molecule has 0 aromatic carbocycles. The van der Waals surface area contributed by atoms with Gasteiger partial charge in [0.25, 0.3) is 5.91 Å². The van der Waals surface area contributed by atoms with Crippen LogP contribution in [0.5, 0.6) is 0 Å². The van der Waals surface area contributed by atoms with E-state index >= 15 is 0 Å². The second-order valence-corrected chi connectivity index (χ2v) is 6.02. The standard InChI is InChI=1S/C14H25N5O/c1-9(2)12-11(15)13(17-16-12)14(20)19(4)8-10-6-5-7-18(10)3/h9-10H,5-8,15H2,1-4H3,(H,16,17). The number of hydrogen-bond donors (Lipinski definition) is 2. The second kappa shape index (κ2) is 5.83. The Bertz CT molecular complexity index is 482. The molecule has 1 fully saturated rings. The number of aromatic nitrogens is 2. The molecule has 1 unspecified atom stereocenters. The van der Waals surface area contributed by atoms with Crippen molar-refractivity contribution in [2.75, 3.05) is 32.9 Å². The molecule has 1 aromatic heterocycles. The van der Waals surface area contributed by atoms with E-state index in [0.29, 0.717) is 17.4 Å². The maximum atomic E-state index is 12.4. The van der Waals surface area contributed by atoms with Gasteiger partial charge in [-0.3, -0.25) is 9.89 Å². The van der Waals surface area contributed by atoms with E-state index in [9.17, 15) is 4.79 Å². The molecular weight excluding hydrogens is 254 g/mol. The summed E-state index contributed by atoms with van der Waals surface area (Å²) >= 11 is 0. The van der Waals surface area contributed by atoms with Crippen LogP contribution in [-0.4, -0.2) is 59.1 Å². The predicted molar refractivity (Wildman–Crippen MR) is 79.7 cm³/mol. The van der Waals surface area contributed by atoms with Crippen molar-refractivity contribution in [3.8, 4) is 0 Å². The van der Waals surface area contributed by atoms with Crippen molar-refractivity contribution < 1.29 is 4.79 Å². The number of likely N-dealkylation sites (tertiary alicyclic amines) is 1. The van der Waals surface area contributed by atoms with Gasteiger partial charge in [0, 0.05) is 19.6 Å². The molecule has 0 bridgehead atoms. The average Bonchev–Trinajstić information content (AvgIpc) is 2.95. The van der Waals surface area contributed by atoms with Crippen LogP contribution in [0.2, 0.25) is 0 Å². The molecule has 1 atom stereocenters. The van der Waals surface area contributed by atoms with Crippen LogP contribution in [0.1, 0.15) is 48.8 Å². The molecule has 1 aliphatic rings. The lowest BCUT2D eigenvalue weighted by Crippen LogP contribution is -2.39. The lowest BCUT2D eigenvalue weighted by Gasteiger charge is -2.25. The fourth-order valence-corrected chi connectivity index (χ4v) is 2.76. The Morgan fingerprint density at radius 2 is 2.30 bits per heavy atom. The van der Waals surface area contributed by atoms with Crippen LogP contribution < -0.4 is 5.73 Å². The number of anilines is 1. The van der Waals surface area contributed by atoms with E-state index in [4.69, 9.17) is 5.73 Å². The van der Waals surface area contributed by atoms with Gasteiger partial charge in [0.15, 0.2) is 5.69 Å². The Hall–Kier alpha value is -1.56. The van der Waals surface area contributed by atoms with Crippen molar-refractivity contribution in [1.82, 2.24) is 20.0 Å². The third kappa shape index (κ3) is 2.80. The fraction of sp³-hybridized carbons (Fsp3) is 0.714. The summed E-state index contributed by atoms with van der Waals surface area (Å²) in [6.07, 6.45) is 2.34. The van der Waals surface area contributed by atoms with Crippen LogP contribution in [0, 0.1) is 0 Å². The first kappa shape index (κ1) is 14.8. The van der Waals surface area contributed by atoms with Gasteiger partial charge in [-0.05, 0) is 32.4 Å². The lowest BCUT2D eigenvalue weighted by atomic mass is 10.1. The van der Waals surface area contributed by atoms with E-state index in [1.54, 1.807) is 4.90 Å². The molecule has 20 heavy (non-hydrogen) atoms. The summed E-state index contributed by atoms with van der Waals surface area (Å²) in [4.78, 5) is 16.5. The number of likely N-dealkylation sites (N-methyl/N-ethyl adjacent to an activating group) is 2. The number of hydrogen-bond acceptors (Lipinski definition) is 4. The van der Waals surface area contributed by atoms with Crippen molar-refractivity contribution in [1.29, 1.82) is 0 Å². The zero-order valence-corrected chi connectivity index (χ0v) is 12.8. The van der Waals surface area contributed by atoms with Crippen molar-refractivity contribution in [3.05, 3.63) is 11.4 Å². The molecule has 1 aromatic rings. The monoisotopic (exact) mass is 279 g/mol. The number of amides is 1. The van der Waals surface area contributed by atoms with E-state index in [0.717, 1.165) is 25.2 Å². The van der Waals surface area contributed by atoms with E-state index < -0.39 is 0 Å². The molecule has 1 saturated heterocycles. The van der Waals surface area contributed by atoms with Crippen molar-refractivity contribution in [3.63, 3.8) is 0 Å². The molecular formula is C14H25N5O. The molecule has 1 aliphatic heterocycles. The molecule has 0 radical (unpaired) electrons. The topological polar surface area (TPSA) is 78.2 Å². The molecule has 2 rings (SSSR count). The molecule has 2 heterocycles. The summed E-state index contributed by atoms with van der Waals surface area (Å²) in [6, 6.07) is 0.439. The minimum atomic E-state index is -0.106. The van der Waals surface area contributed by atoms with E-state index in [1.165, 1.54) is 6.42 Å². The molecule has 0 aliphatic carbocycles. The Balaban J connectivity index is 2.07. The van der Waals surface area contributed by atoms with Crippen LogP contribution in [0.25, 0.3) is 0 Å². The van der Waals surface area contributed by atoms with E-state index in [2.05, 4.69) is 22.1 Å². The zero-order valence-electron chi connectivity index (χ0n) is 12.8. The van der Waals surface area contributed by atoms with Crippen LogP contribution in [-0.2, 0) is 0 Å². The quantitative estimate of drug-likeness (QED) is 0.870. The lowest BCUT2D eigenvalue weighted by molar-refractivity contribution is 0.0756.